The highest BCUT2D eigenvalue weighted by Gasteiger charge is 2.26. The average Bonchev–Trinajstić information content (AvgIpc) is 3.21. The lowest BCUT2D eigenvalue weighted by Gasteiger charge is -2.27. The number of aliphatic hydroxyl groups is 1. The molecule has 1 N–H and O–H groups in total. The SMILES string of the molecule is CCCC(=O)c1cc(C)c(-c2nc3cc(C)ccn3c2C[C@H](O)CN(CC(OC)OC)C(=O)OC)c(F)c1. The molecule has 9 nitrogen and oxygen atoms in total. The van der Waals surface area contributed by atoms with Crippen molar-refractivity contribution in [3.63, 3.8) is 0 Å². The van der Waals surface area contributed by atoms with Gasteiger partial charge >= 0.3 is 6.09 Å². The van der Waals surface area contributed by atoms with Gasteiger partial charge in [0.1, 0.15) is 11.5 Å². The highest BCUT2D eigenvalue weighted by Crippen LogP contribution is 2.32. The number of benzene rings is 1. The Morgan fingerprint density at radius 1 is 1.13 bits per heavy atom. The van der Waals surface area contributed by atoms with E-state index in [1.54, 1.807) is 17.4 Å². The number of imidazole rings is 1. The standard InChI is InChI=1S/C28H36FN3O6/c1-7-8-23(34)19-12-18(3)26(21(29)13-19)27-22(32-10-9-17(2)11-24(32)30-27)14-20(33)15-31(28(35)38-6)16-25(36-4)37-5/h9-13,20,25,33H,7-8,14-16H2,1-6H3/t20-/m0/s1. The summed E-state index contributed by atoms with van der Waals surface area (Å²) in [5.41, 5.74) is 3.67. The van der Waals surface area contributed by atoms with Crippen molar-refractivity contribution in [1.82, 2.24) is 14.3 Å². The minimum atomic E-state index is -1.04. The number of aryl methyl sites for hydroxylation is 2. The van der Waals surface area contributed by atoms with Crippen LogP contribution in [0.5, 0.6) is 0 Å². The molecule has 1 aromatic carbocycles. The highest BCUT2D eigenvalue weighted by molar-refractivity contribution is 5.97. The van der Waals surface area contributed by atoms with Gasteiger partial charge in [0.05, 0.1) is 37.7 Å². The van der Waals surface area contributed by atoms with Crippen LogP contribution in [0.25, 0.3) is 16.9 Å². The van der Waals surface area contributed by atoms with Gasteiger partial charge in [-0.3, -0.25) is 4.79 Å². The Labute approximate surface area is 222 Å². The van der Waals surface area contributed by atoms with E-state index in [9.17, 15) is 14.7 Å². The van der Waals surface area contributed by atoms with Crippen LogP contribution in [0.15, 0.2) is 30.5 Å². The first-order valence-corrected chi connectivity index (χ1v) is 12.5. The molecule has 0 fully saturated rings. The van der Waals surface area contributed by atoms with Crippen LogP contribution in [0.2, 0.25) is 0 Å². The summed E-state index contributed by atoms with van der Waals surface area (Å²) in [5.74, 6) is -0.671. The molecule has 2 heterocycles. The number of Topliss-reactive ketones (excluding diaryl/α,β-unsaturated/α-hetero) is 1. The first kappa shape index (κ1) is 29.2. The van der Waals surface area contributed by atoms with Crippen molar-refractivity contribution < 1.29 is 33.3 Å². The zero-order valence-corrected chi connectivity index (χ0v) is 22.8. The van der Waals surface area contributed by atoms with Crippen molar-refractivity contribution in [2.75, 3.05) is 34.4 Å². The lowest BCUT2D eigenvalue weighted by molar-refractivity contribution is -0.115. The Bertz CT molecular complexity index is 1260. The van der Waals surface area contributed by atoms with Crippen LogP contribution in [-0.2, 0) is 20.6 Å². The number of fused-ring (bicyclic) bond motifs is 1. The third kappa shape index (κ3) is 6.56. The number of ketones is 1. The van der Waals surface area contributed by atoms with Gasteiger partial charge in [-0.1, -0.05) is 6.92 Å². The number of pyridine rings is 1. The summed E-state index contributed by atoms with van der Waals surface area (Å²) in [7, 11) is 4.15. The third-order valence-corrected chi connectivity index (χ3v) is 6.39. The van der Waals surface area contributed by atoms with Crippen molar-refractivity contribution in [3.05, 3.63) is 58.7 Å². The number of hydrogen-bond acceptors (Lipinski definition) is 7. The average molecular weight is 530 g/mol. The van der Waals surface area contributed by atoms with E-state index in [-0.39, 0.29) is 30.9 Å². The number of aliphatic hydroxyl groups excluding tert-OH is 1. The lowest BCUT2D eigenvalue weighted by Crippen LogP contribution is -2.43. The van der Waals surface area contributed by atoms with E-state index in [0.29, 0.717) is 41.0 Å². The van der Waals surface area contributed by atoms with Gasteiger partial charge in [-0.05, 0) is 55.7 Å². The number of rotatable bonds is 12. The summed E-state index contributed by atoms with van der Waals surface area (Å²) in [5, 5.41) is 11.1. The van der Waals surface area contributed by atoms with E-state index in [4.69, 9.17) is 19.2 Å². The fourth-order valence-electron chi connectivity index (χ4n) is 4.49. The minimum Gasteiger partial charge on any atom is -0.453 e. The number of halogens is 1. The highest BCUT2D eigenvalue weighted by atomic mass is 19.1. The number of ether oxygens (including phenoxy) is 3. The lowest BCUT2D eigenvalue weighted by atomic mass is 9.96. The first-order chi connectivity index (χ1) is 18.1. The number of hydrogen-bond donors (Lipinski definition) is 1. The van der Waals surface area contributed by atoms with Crippen molar-refractivity contribution in [2.45, 2.75) is 52.4 Å². The molecule has 0 saturated carbocycles. The number of aromatic nitrogens is 2. The molecule has 0 saturated heterocycles. The smallest absolute Gasteiger partial charge is 0.409 e. The molecule has 38 heavy (non-hydrogen) atoms. The predicted octanol–water partition coefficient (Wildman–Crippen LogP) is 4.33. The molecule has 0 radical (unpaired) electrons. The van der Waals surface area contributed by atoms with E-state index in [1.165, 1.54) is 32.3 Å². The molecular formula is C28H36FN3O6. The van der Waals surface area contributed by atoms with E-state index < -0.39 is 24.3 Å². The summed E-state index contributed by atoms with van der Waals surface area (Å²) in [6.07, 6.45) is 0.497. The van der Waals surface area contributed by atoms with Gasteiger partial charge in [-0.2, -0.15) is 0 Å². The molecule has 3 rings (SSSR count). The van der Waals surface area contributed by atoms with Crippen LogP contribution in [0.3, 0.4) is 0 Å². The number of carbonyl (C=O) groups excluding carboxylic acids is 2. The zero-order valence-electron chi connectivity index (χ0n) is 22.8. The zero-order chi connectivity index (χ0) is 28.0. The molecule has 0 aliphatic rings. The molecule has 0 unspecified atom stereocenters. The van der Waals surface area contributed by atoms with Gasteiger partial charge in [-0.25, -0.2) is 14.2 Å². The fourth-order valence-corrected chi connectivity index (χ4v) is 4.49. The van der Waals surface area contributed by atoms with E-state index in [1.807, 2.05) is 32.2 Å². The largest absolute Gasteiger partial charge is 0.453 e. The second-order valence-electron chi connectivity index (χ2n) is 9.30. The minimum absolute atomic E-state index is 0.0386. The Morgan fingerprint density at radius 3 is 2.45 bits per heavy atom. The van der Waals surface area contributed by atoms with Gasteiger partial charge in [0.2, 0.25) is 0 Å². The van der Waals surface area contributed by atoms with Crippen molar-refractivity contribution >= 4 is 17.5 Å². The molecule has 0 aliphatic carbocycles. The Balaban J connectivity index is 2.03. The topological polar surface area (TPSA) is 103 Å². The summed E-state index contributed by atoms with van der Waals surface area (Å²) in [6.45, 7) is 5.53. The summed E-state index contributed by atoms with van der Waals surface area (Å²) >= 11 is 0. The van der Waals surface area contributed by atoms with Crippen LogP contribution < -0.4 is 0 Å². The van der Waals surface area contributed by atoms with Crippen molar-refractivity contribution in [1.29, 1.82) is 0 Å². The van der Waals surface area contributed by atoms with E-state index >= 15 is 4.39 Å². The Hall–Kier alpha value is -3.34. The van der Waals surface area contributed by atoms with Crippen molar-refractivity contribution in [2.24, 2.45) is 0 Å². The van der Waals surface area contributed by atoms with Gasteiger partial charge in [0, 0.05) is 44.4 Å². The molecule has 10 heteroatoms. The van der Waals surface area contributed by atoms with Gasteiger partial charge < -0.3 is 28.6 Å². The summed E-state index contributed by atoms with van der Waals surface area (Å²) in [4.78, 5) is 30.8. The number of nitrogens with zero attached hydrogens (tertiary/aromatic N) is 3. The molecular weight excluding hydrogens is 493 g/mol. The molecule has 2 aromatic heterocycles. The maximum atomic E-state index is 15.5. The second kappa shape index (κ2) is 12.9. The van der Waals surface area contributed by atoms with Gasteiger partial charge in [-0.15, -0.1) is 0 Å². The maximum absolute atomic E-state index is 15.5. The molecule has 1 amide bonds. The normalized spacial score (nSPS) is 12.2. The van der Waals surface area contributed by atoms with Crippen LogP contribution in [0, 0.1) is 19.7 Å². The van der Waals surface area contributed by atoms with Crippen LogP contribution >= 0.6 is 0 Å². The number of amides is 1. The molecule has 0 bridgehead atoms. The molecule has 0 aliphatic heterocycles. The van der Waals surface area contributed by atoms with Crippen LogP contribution in [0.1, 0.15) is 46.9 Å². The molecule has 206 valence electrons. The first-order valence-electron chi connectivity index (χ1n) is 12.5. The predicted molar refractivity (Wildman–Crippen MR) is 141 cm³/mol. The van der Waals surface area contributed by atoms with Gasteiger partial charge in [0.25, 0.3) is 0 Å². The fraction of sp³-hybridized carbons (Fsp3) is 0.464. The Morgan fingerprint density at radius 2 is 1.84 bits per heavy atom. The number of methoxy groups -OCH3 is 3. The summed E-state index contributed by atoms with van der Waals surface area (Å²) in [6, 6.07) is 6.70. The van der Waals surface area contributed by atoms with Crippen LogP contribution in [0.4, 0.5) is 9.18 Å². The van der Waals surface area contributed by atoms with Gasteiger partial charge in [0.15, 0.2) is 12.1 Å². The molecule has 0 spiro atoms. The Kier molecular flexibility index (Phi) is 9.96. The maximum Gasteiger partial charge on any atom is 0.409 e. The van der Waals surface area contributed by atoms with E-state index in [2.05, 4.69) is 0 Å². The van der Waals surface area contributed by atoms with Crippen molar-refractivity contribution in [3.8, 4) is 11.3 Å². The summed E-state index contributed by atoms with van der Waals surface area (Å²) < 4.78 is 32.6. The monoisotopic (exact) mass is 529 g/mol. The van der Waals surface area contributed by atoms with E-state index in [0.717, 1.165) is 5.56 Å². The quantitative estimate of drug-likeness (QED) is 0.275. The third-order valence-electron chi connectivity index (χ3n) is 6.39. The number of carbonyl (C=O) groups is 2. The second-order valence-corrected chi connectivity index (χ2v) is 9.30. The molecule has 3 aromatic rings. The molecule has 1 atom stereocenters. The van der Waals surface area contributed by atoms with Crippen LogP contribution in [-0.4, -0.2) is 78.1 Å².